The van der Waals surface area contributed by atoms with Crippen LogP contribution < -0.4 is 15.4 Å². The van der Waals surface area contributed by atoms with Crippen LogP contribution in [0.1, 0.15) is 28.8 Å². The van der Waals surface area contributed by atoms with E-state index in [0.29, 0.717) is 10.7 Å². The maximum Gasteiger partial charge on any atom is 0.251 e. The van der Waals surface area contributed by atoms with Gasteiger partial charge in [-0.25, -0.2) is 0 Å². The normalized spacial score (nSPS) is 14.5. The Kier molecular flexibility index (Phi) is 6.29. The maximum absolute atomic E-state index is 12.4. The monoisotopic (exact) mass is 383 g/mol. The minimum absolute atomic E-state index is 0.0110. The predicted molar refractivity (Wildman–Crippen MR) is 112 cm³/mol. The van der Waals surface area contributed by atoms with Crippen molar-refractivity contribution in [1.82, 2.24) is 10.2 Å². The Labute approximate surface area is 165 Å². The second kappa shape index (κ2) is 8.86. The lowest BCUT2D eigenvalue weighted by Crippen LogP contribution is -2.47. The van der Waals surface area contributed by atoms with Crippen LogP contribution in [0.2, 0.25) is 0 Å². The van der Waals surface area contributed by atoms with Crippen LogP contribution in [0.4, 0.5) is 5.69 Å². The lowest BCUT2D eigenvalue weighted by atomic mass is 10.0. The number of hydrogen-bond acceptors (Lipinski definition) is 3. The number of amides is 1. The number of benzene rings is 2. The topological polar surface area (TPSA) is 53.6 Å². The number of likely N-dealkylation sites (tertiary alicyclic amines) is 1. The van der Waals surface area contributed by atoms with Crippen molar-refractivity contribution in [3.8, 4) is 5.75 Å². The van der Waals surface area contributed by atoms with E-state index in [1.165, 1.54) is 0 Å². The van der Waals surface area contributed by atoms with E-state index in [1.807, 2.05) is 55.5 Å². The number of nitrogens with one attached hydrogen (secondary N) is 2. The molecule has 142 valence electrons. The minimum Gasteiger partial charge on any atom is -0.495 e. The summed E-state index contributed by atoms with van der Waals surface area (Å²) in [5.74, 6) is 0.753. The third-order valence-electron chi connectivity index (χ3n) is 4.78. The molecular formula is C21H25N3O2S. The highest BCUT2D eigenvalue weighted by Gasteiger charge is 2.23. The SMILES string of the molecule is COc1ccccc1NC(=S)N1CCC(NC(=O)c2ccc(C)cc2)CC1. The Balaban J connectivity index is 1.50. The molecule has 0 unspecified atom stereocenters. The standard InChI is InChI=1S/C21H25N3O2S/c1-15-7-9-16(10-8-15)20(25)22-17-11-13-24(14-12-17)21(27)23-18-5-3-4-6-19(18)26-2/h3-10,17H,11-14H2,1-2H3,(H,22,25)(H,23,27). The van der Waals surface area contributed by atoms with Crippen molar-refractivity contribution in [2.75, 3.05) is 25.5 Å². The van der Waals surface area contributed by atoms with Crippen LogP contribution in [0.5, 0.6) is 5.75 Å². The molecule has 0 atom stereocenters. The molecule has 3 rings (SSSR count). The number of carbonyl (C=O) groups is 1. The molecule has 0 bridgehead atoms. The Morgan fingerprint density at radius 2 is 1.78 bits per heavy atom. The number of nitrogens with zero attached hydrogens (tertiary/aromatic N) is 1. The number of ether oxygens (including phenoxy) is 1. The summed E-state index contributed by atoms with van der Waals surface area (Å²) >= 11 is 5.55. The first-order chi connectivity index (χ1) is 13.1. The van der Waals surface area contributed by atoms with Gasteiger partial charge in [-0.2, -0.15) is 0 Å². The van der Waals surface area contributed by atoms with Crippen molar-refractivity contribution in [3.05, 3.63) is 59.7 Å². The van der Waals surface area contributed by atoms with E-state index < -0.39 is 0 Å². The van der Waals surface area contributed by atoms with Crippen molar-refractivity contribution in [1.29, 1.82) is 0 Å². The molecule has 0 saturated carbocycles. The van der Waals surface area contributed by atoms with Crippen molar-refractivity contribution in [2.24, 2.45) is 0 Å². The average molecular weight is 384 g/mol. The van der Waals surface area contributed by atoms with Gasteiger partial charge in [-0.15, -0.1) is 0 Å². The van der Waals surface area contributed by atoms with Crippen molar-refractivity contribution < 1.29 is 9.53 Å². The average Bonchev–Trinajstić information content (AvgIpc) is 2.69. The molecule has 0 aliphatic carbocycles. The molecule has 6 heteroatoms. The summed E-state index contributed by atoms with van der Waals surface area (Å²) in [6, 6.07) is 15.5. The van der Waals surface area contributed by atoms with Crippen LogP contribution in [0, 0.1) is 6.92 Å². The molecule has 5 nitrogen and oxygen atoms in total. The zero-order valence-electron chi connectivity index (χ0n) is 15.7. The summed E-state index contributed by atoms with van der Waals surface area (Å²) in [5.41, 5.74) is 2.71. The first-order valence-corrected chi connectivity index (χ1v) is 9.54. The molecular weight excluding hydrogens is 358 g/mol. The number of para-hydroxylation sites is 2. The first-order valence-electron chi connectivity index (χ1n) is 9.13. The van der Waals surface area contributed by atoms with E-state index in [2.05, 4.69) is 15.5 Å². The van der Waals surface area contributed by atoms with Crippen LogP contribution in [-0.4, -0.2) is 42.2 Å². The number of methoxy groups -OCH3 is 1. The summed E-state index contributed by atoms with van der Waals surface area (Å²) in [4.78, 5) is 14.5. The molecule has 2 aromatic rings. The number of aryl methyl sites for hydroxylation is 1. The molecule has 0 aromatic heterocycles. The maximum atomic E-state index is 12.4. The molecule has 1 amide bonds. The van der Waals surface area contributed by atoms with Gasteiger partial charge in [0.05, 0.1) is 12.8 Å². The number of hydrogen-bond donors (Lipinski definition) is 2. The molecule has 1 fully saturated rings. The molecule has 1 saturated heterocycles. The summed E-state index contributed by atoms with van der Waals surface area (Å²) in [7, 11) is 1.64. The smallest absolute Gasteiger partial charge is 0.251 e. The molecule has 2 N–H and O–H groups in total. The predicted octanol–water partition coefficient (Wildman–Crippen LogP) is 3.59. The fraction of sp³-hybridized carbons (Fsp3) is 0.333. The van der Waals surface area contributed by atoms with Gasteiger partial charge >= 0.3 is 0 Å². The second-order valence-electron chi connectivity index (χ2n) is 6.73. The zero-order chi connectivity index (χ0) is 19.2. The number of carbonyl (C=O) groups excluding carboxylic acids is 1. The molecule has 0 radical (unpaired) electrons. The van der Waals surface area contributed by atoms with Gasteiger partial charge < -0.3 is 20.3 Å². The molecule has 27 heavy (non-hydrogen) atoms. The third-order valence-corrected chi connectivity index (χ3v) is 5.14. The van der Waals surface area contributed by atoms with E-state index in [9.17, 15) is 4.79 Å². The highest BCUT2D eigenvalue weighted by molar-refractivity contribution is 7.80. The van der Waals surface area contributed by atoms with Crippen molar-refractivity contribution in [3.63, 3.8) is 0 Å². The highest BCUT2D eigenvalue weighted by Crippen LogP contribution is 2.24. The van der Waals surface area contributed by atoms with Crippen molar-refractivity contribution >= 4 is 28.9 Å². The fourth-order valence-corrected chi connectivity index (χ4v) is 3.44. The molecule has 0 spiro atoms. The van der Waals surface area contributed by atoms with Crippen molar-refractivity contribution in [2.45, 2.75) is 25.8 Å². The second-order valence-corrected chi connectivity index (χ2v) is 7.12. The number of anilines is 1. The van der Waals surface area contributed by atoms with Crippen LogP contribution in [-0.2, 0) is 0 Å². The highest BCUT2D eigenvalue weighted by atomic mass is 32.1. The third kappa shape index (κ3) is 4.98. The van der Waals surface area contributed by atoms with Gasteiger partial charge in [0, 0.05) is 24.7 Å². The largest absolute Gasteiger partial charge is 0.495 e. The summed E-state index contributed by atoms with van der Waals surface area (Å²) in [6.07, 6.45) is 1.73. The lowest BCUT2D eigenvalue weighted by Gasteiger charge is -2.34. The summed E-state index contributed by atoms with van der Waals surface area (Å²) in [6.45, 7) is 3.62. The van der Waals surface area contributed by atoms with Crippen LogP contribution in [0.3, 0.4) is 0 Å². The van der Waals surface area contributed by atoms with Crippen LogP contribution in [0.25, 0.3) is 0 Å². The first kappa shape index (κ1) is 19.2. The Hall–Kier alpha value is -2.60. The Morgan fingerprint density at radius 3 is 2.44 bits per heavy atom. The summed E-state index contributed by atoms with van der Waals surface area (Å²) in [5, 5.41) is 7.08. The Morgan fingerprint density at radius 1 is 1.11 bits per heavy atom. The minimum atomic E-state index is -0.0110. The van der Waals surface area contributed by atoms with E-state index in [0.717, 1.165) is 42.9 Å². The Bertz CT molecular complexity index is 799. The number of rotatable bonds is 4. The number of thiocarbonyl (C=S) groups is 1. The van der Waals surface area contributed by atoms with Gasteiger partial charge in [-0.1, -0.05) is 29.8 Å². The molecule has 1 aliphatic rings. The van der Waals surface area contributed by atoms with Gasteiger partial charge in [-0.05, 0) is 56.2 Å². The molecule has 1 heterocycles. The molecule has 2 aromatic carbocycles. The quantitative estimate of drug-likeness (QED) is 0.790. The fourth-order valence-electron chi connectivity index (χ4n) is 3.14. The molecule has 1 aliphatic heterocycles. The van der Waals surface area contributed by atoms with E-state index in [4.69, 9.17) is 17.0 Å². The number of piperidine rings is 1. The van der Waals surface area contributed by atoms with Gasteiger partial charge in [0.25, 0.3) is 5.91 Å². The van der Waals surface area contributed by atoms with Gasteiger partial charge in [0.15, 0.2) is 5.11 Å². The van der Waals surface area contributed by atoms with Crippen LogP contribution >= 0.6 is 12.2 Å². The zero-order valence-corrected chi connectivity index (χ0v) is 16.5. The summed E-state index contributed by atoms with van der Waals surface area (Å²) < 4.78 is 5.36. The van der Waals surface area contributed by atoms with Crippen LogP contribution in [0.15, 0.2) is 48.5 Å². The van der Waals surface area contributed by atoms with Gasteiger partial charge in [-0.3, -0.25) is 4.79 Å². The van der Waals surface area contributed by atoms with E-state index in [1.54, 1.807) is 7.11 Å². The van der Waals surface area contributed by atoms with Gasteiger partial charge in [0.1, 0.15) is 5.75 Å². The van der Waals surface area contributed by atoms with E-state index >= 15 is 0 Å². The van der Waals surface area contributed by atoms with Gasteiger partial charge in [0.2, 0.25) is 0 Å². The van der Waals surface area contributed by atoms with E-state index in [-0.39, 0.29) is 11.9 Å². The lowest BCUT2D eigenvalue weighted by molar-refractivity contribution is 0.0922.